The molecule has 0 heterocycles. The third-order valence-corrected chi connectivity index (χ3v) is 2.45. The van der Waals surface area contributed by atoms with Crippen LogP contribution in [-0.2, 0) is 0 Å². The second kappa shape index (κ2) is 7.78. The molecule has 0 saturated heterocycles. The second-order valence-electron chi connectivity index (χ2n) is 3.89. The third kappa shape index (κ3) is 5.21. The lowest BCUT2D eigenvalue weighted by Crippen LogP contribution is -2.36. The summed E-state index contributed by atoms with van der Waals surface area (Å²) in [4.78, 5) is 2.42. The Hall–Kier alpha value is -0.590. The first-order chi connectivity index (χ1) is 6.65. The summed E-state index contributed by atoms with van der Waals surface area (Å²) in [6.45, 7) is 8.73. The summed E-state index contributed by atoms with van der Waals surface area (Å²) in [7, 11) is 1.84. The van der Waals surface area contributed by atoms with Crippen molar-refractivity contribution in [2.24, 2.45) is 0 Å². The Balaban J connectivity index is 3.87. The fourth-order valence-electron chi connectivity index (χ4n) is 1.48. The molecule has 0 aromatic carbocycles. The Kier molecular flexibility index (Phi) is 7.45. The zero-order chi connectivity index (χ0) is 11.0. The Morgan fingerprint density at radius 1 is 1.36 bits per heavy atom. The zero-order valence-corrected chi connectivity index (χ0v) is 9.88. The van der Waals surface area contributed by atoms with Crippen LogP contribution < -0.4 is 5.32 Å². The number of rotatable bonds is 7. The smallest absolute Gasteiger partial charge is 0.0962 e. The van der Waals surface area contributed by atoms with E-state index in [-0.39, 0.29) is 6.04 Å². The standard InChI is InChI=1S/C11H23N3/c1-5-7-14(10(2)3)8-6-11(9-12)13-4/h10-11,13H,5-8H2,1-4H3. The van der Waals surface area contributed by atoms with Gasteiger partial charge in [-0.2, -0.15) is 5.26 Å². The van der Waals surface area contributed by atoms with E-state index in [4.69, 9.17) is 5.26 Å². The monoisotopic (exact) mass is 197 g/mol. The third-order valence-electron chi connectivity index (χ3n) is 2.45. The van der Waals surface area contributed by atoms with Gasteiger partial charge >= 0.3 is 0 Å². The van der Waals surface area contributed by atoms with Crippen molar-refractivity contribution >= 4 is 0 Å². The first-order valence-corrected chi connectivity index (χ1v) is 5.46. The molecule has 0 aromatic heterocycles. The largest absolute Gasteiger partial charge is 0.305 e. The van der Waals surface area contributed by atoms with E-state index in [0.717, 1.165) is 19.5 Å². The molecule has 0 bridgehead atoms. The SMILES string of the molecule is CCCN(CCC(C#N)NC)C(C)C. The Morgan fingerprint density at radius 3 is 2.36 bits per heavy atom. The van der Waals surface area contributed by atoms with Crippen molar-refractivity contribution in [1.29, 1.82) is 5.26 Å². The van der Waals surface area contributed by atoms with Gasteiger partial charge in [0.1, 0.15) is 0 Å². The van der Waals surface area contributed by atoms with E-state index >= 15 is 0 Å². The first kappa shape index (κ1) is 13.4. The van der Waals surface area contributed by atoms with Gasteiger partial charge in [0.2, 0.25) is 0 Å². The van der Waals surface area contributed by atoms with E-state index in [1.807, 2.05) is 7.05 Å². The van der Waals surface area contributed by atoms with Crippen LogP contribution in [0.1, 0.15) is 33.6 Å². The van der Waals surface area contributed by atoms with Crippen LogP contribution in [0.3, 0.4) is 0 Å². The molecule has 0 rings (SSSR count). The molecule has 3 nitrogen and oxygen atoms in total. The summed E-state index contributed by atoms with van der Waals surface area (Å²) in [6, 6.07) is 2.82. The van der Waals surface area contributed by atoms with Crippen molar-refractivity contribution in [1.82, 2.24) is 10.2 Å². The average molecular weight is 197 g/mol. The lowest BCUT2D eigenvalue weighted by atomic mass is 10.2. The normalized spacial score (nSPS) is 13.2. The molecule has 0 aliphatic carbocycles. The molecule has 1 N–H and O–H groups in total. The molecule has 3 heteroatoms. The first-order valence-electron chi connectivity index (χ1n) is 5.46. The van der Waals surface area contributed by atoms with Gasteiger partial charge in [0.15, 0.2) is 0 Å². The van der Waals surface area contributed by atoms with Crippen molar-refractivity contribution in [2.45, 2.75) is 45.7 Å². The summed E-state index contributed by atoms with van der Waals surface area (Å²) in [5.41, 5.74) is 0. The molecule has 0 amide bonds. The summed E-state index contributed by atoms with van der Waals surface area (Å²) < 4.78 is 0. The van der Waals surface area contributed by atoms with Crippen molar-refractivity contribution in [3.8, 4) is 6.07 Å². The maximum atomic E-state index is 8.78. The van der Waals surface area contributed by atoms with Crippen molar-refractivity contribution in [3.63, 3.8) is 0 Å². The van der Waals surface area contributed by atoms with Crippen LogP contribution in [0.15, 0.2) is 0 Å². The van der Waals surface area contributed by atoms with Crippen molar-refractivity contribution < 1.29 is 0 Å². The Labute approximate surface area is 88.1 Å². The van der Waals surface area contributed by atoms with Crippen molar-refractivity contribution in [3.05, 3.63) is 0 Å². The van der Waals surface area contributed by atoms with E-state index in [9.17, 15) is 0 Å². The Bertz CT molecular complexity index is 172. The van der Waals surface area contributed by atoms with Gasteiger partial charge in [-0.25, -0.2) is 0 Å². The highest BCUT2D eigenvalue weighted by Crippen LogP contribution is 2.02. The molecule has 1 unspecified atom stereocenters. The average Bonchev–Trinajstić information content (AvgIpc) is 2.17. The molecular formula is C11H23N3. The van der Waals surface area contributed by atoms with Crippen molar-refractivity contribution in [2.75, 3.05) is 20.1 Å². The summed E-state index contributed by atoms with van der Waals surface area (Å²) in [6.07, 6.45) is 2.08. The highest BCUT2D eigenvalue weighted by Gasteiger charge is 2.11. The van der Waals surface area contributed by atoms with Crippen LogP contribution in [0.4, 0.5) is 0 Å². The van der Waals surface area contributed by atoms with Gasteiger partial charge < -0.3 is 10.2 Å². The van der Waals surface area contributed by atoms with Gasteiger partial charge in [-0.1, -0.05) is 6.92 Å². The summed E-state index contributed by atoms with van der Waals surface area (Å²) >= 11 is 0. The number of hydrogen-bond acceptors (Lipinski definition) is 3. The predicted molar refractivity (Wildman–Crippen MR) is 60.1 cm³/mol. The molecule has 14 heavy (non-hydrogen) atoms. The van der Waals surface area contributed by atoms with E-state index in [0.29, 0.717) is 6.04 Å². The quantitative estimate of drug-likeness (QED) is 0.674. The second-order valence-corrected chi connectivity index (χ2v) is 3.89. The fraction of sp³-hybridized carbons (Fsp3) is 0.909. The number of nitrogens with zero attached hydrogens (tertiary/aromatic N) is 2. The number of nitriles is 1. The summed E-state index contributed by atoms with van der Waals surface area (Å²) in [5, 5.41) is 11.8. The van der Waals surface area contributed by atoms with Gasteiger partial charge in [-0.3, -0.25) is 0 Å². The molecule has 1 atom stereocenters. The van der Waals surface area contributed by atoms with Crippen LogP contribution in [0.2, 0.25) is 0 Å². The minimum absolute atomic E-state index is 0.00638. The lowest BCUT2D eigenvalue weighted by Gasteiger charge is -2.26. The van der Waals surface area contributed by atoms with E-state index in [2.05, 4.69) is 37.1 Å². The van der Waals surface area contributed by atoms with Gasteiger partial charge in [0.05, 0.1) is 12.1 Å². The van der Waals surface area contributed by atoms with E-state index < -0.39 is 0 Å². The minimum Gasteiger partial charge on any atom is -0.305 e. The maximum Gasteiger partial charge on any atom is 0.0962 e. The maximum absolute atomic E-state index is 8.78. The van der Waals surface area contributed by atoms with Gasteiger partial charge in [0.25, 0.3) is 0 Å². The number of hydrogen-bond donors (Lipinski definition) is 1. The highest BCUT2D eigenvalue weighted by atomic mass is 15.1. The molecule has 0 saturated carbocycles. The van der Waals surface area contributed by atoms with E-state index in [1.54, 1.807) is 0 Å². The molecule has 0 aromatic rings. The van der Waals surface area contributed by atoms with Crippen LogP contribution >= 0.6 is 0 Å². The fourth-order valence-corrected chi connectivity index (χ4v) is 1.48. The van der Waals surface area contributed by atoms with Crippen LogP contribution in [-0.4, -0.2) is 37.1 Å². The molecular weight excluding hydrogens is 174 g/mol. The van der Waals surface area contributed by atoms with E-state index in [1.165, 1.54) is 6.42 Å². The molecule has 82 valence electrons. The molecule has 0 radical (unpaired) electrons. The minimum atomic E-state index is -0.00638. The van der Waals surface area contributed by atoms with Crippen LogP contribution in [0.25, 0.3) is 0 Å². The molecule has 0 aliphatic heterocycles. The van der Waals surface area contributed by atoms with Crippen LogP contribution in [0.5, 0.6) is 0 Å². The highest BCUT2D eigenvalue weighted by molar-refractivity contribution is 4.89. The molecule has 0 aliphatic rings. The summed E-state index contributed by atoms with van der Waals surface area (Å²) in [5.74, 6) is 0. The predicted octanol–water partition coefficient (Wildman–Crippen LogP) is 1.61. The van der Waals surface area contributed by atoms with Gasteiger partial charge in [0, 0.05) is 12.6 Å². The lowest BCUT2D eigenvalue weighted by molar-refractivity contribution is 0.215. The molecule has 0 fully saturated rings. The zero-order valence-electron chi connectivity index (χ0n) is 9.88. The Morgan fingerprint density at radius 2 is 2.00 bits per heavy atom. The molecule has 0 spiro atoms. The van der Waals surface area contributed by atoms with Gasteiger partial charge in [-0.05, 0) is 40.3 Å². The van der Waals surface area contributed by atoms with Crippen LogP contribution in [0, 0.1) is 11.3 Å². The topological polar surface area (TPSA) is 39.1 Å². The van der Waals surface area contributed by atoms with Gasteiger partial charge in [-0.15, -0.1) is 0 Å². The number of nitrogens with one attached hydrogen (secondary N) is 1.